The van der Waals surface area contributed by atoms with Crippen molar-refractivity contribution in [2.75, 3.05) is 0 Å². The van der Waals surface area contributed by atoms with Gasteiger partial charge in [-0.15, -0.1) is 0 Å². The van der Waals surface area contributed by atoms with E-state index >= 15 is 0 Å². The van der Waals surface area contributed by atoms with Crippen LogP contribution < -0.4 is 5.32 Å². The highest BCUT2D eigenvalue weighted by molar-refractivity contribution is 6.31. The Morgan fingerprint density at radius 2 is 2.06 bits per heavy atom. The van der Waals surface area contributed by atoms with Crippen LogP contribution in [0.3, 0.4) is 0 Å². The molecule has 0 unspecified atom stereocenters. The van der Waals surface area contributed by atoms with Crippen molar-refractivity contribution in [3.63, 3.8) is 0 Å². The first-order valence-corrected chi connectivity index (χ1v) is 5.20. The third-order valence-electron chi connectivity index (χ3n) is 2.03. The molecule has 3 nitrogen and oxygen atoms in total. The maximum absolute atomic E-state index is 12.5. The van der Waals surface area contributed by atoms with E-state index < -0.39 is 23.7 Å². The molecule has 0 radical (unpaired) electrons. The Morgan fingerprint density at radius 3 is 2.56 bits per heavy atom. The molecule has 1 amide bonds. The number of nitrogens with one attached hydrogen (secondary N) is 1. The molecule has 0 aromatic heterocycles. The second kappa shape index (κ2) is 5.27. The Labute approximate surface area is 106 Å². The topological polar surface area (TPSA) is 52.9 Å². The van der Waals surface area contributed by atoms with Gasteiger partial charge < -0.3 is 5.32 Å². The Balaban J connectivity index is 3.08. The van der Waals surface area contributed by atoms with Crippen LogP contribution in [0.15, 0.2) is 18.2 Å². The Bertz CT molecular complexity index is 508. The highest BCUT2D eigenvalue weighted by Gasteiger charge is 2.31. The number of rotatable bonds is 2. The summed E-state index contributed by atoms with van der Waals surface area (Å²) in [5, 5.41) is 10.5. The number of nitrogens with zero attached hydrogens (tertiary/aromatic N) is 1. The van der Waals surface area contributed by atoms with Crippen LogP contribution in [0.2, 0.25) is 5.02 Å². The molecule has 7 heteroatoms. The Morgan fingerprint density at radius 1 is 1.44 bits per heavy atom. The van der Waals surface area contributed by atoms with Gasteiger partial charge in [0.15, 0.2) is 0 Å². The lowest BCUT2D eigenvalue weighted by Gasteiger charge is -2.11. The van der Waals surface area contributed by atoms with Crippen LogP contribution in [-0.4, -0.2) is 11.9 Å². The fraction of sp³-hybridized carbons (Fsp3) is 0.273. The zero-order chi connectivity index (χ0) is 13.9. The van der Waals surface area contributed by atoms with Gasteiger partial charge in [0.05, 0.1) is 11.6 Å². The number of amides is 1. The molecule has 0 aliphatic heterocycles. The molecule has 0 bridgehead atoms. The molecule has 1 N–H and O–H groups in total. The van der Waals surface area contributed by atoms with E-state index in [9.17, 15) is 18.0 Å². The average molecular weight is 277 g/mol. The maximum Gasteiger partial charge on any atom is 0.416 e. The molecule has 0 fully saturated rings. The summed E-state index contributed by atoms with van der Waals surface area (Å²) >= 11 is 5.53. The molecule has 1 aromatic rings. The molecular weight excluding hydrogens is 269 g/mol. The summed E-state index contributed by atoms with van der Waals surface area (Å²) in [4.78, 5) is 11.6. The number of alkyl halides is 3. The predicted octanol–water partition coefficient (Wildman–Crippen LogP) is 3.00. The van der Waals surface area contributed by atoms with Gasteiger partial charge in [0.1, 0.15) is 6.04 Å². The number of carbonyl (C=O) groups excluding carboxylic acids is 1. The van der Waals surface area contributed by atoms with Crippen molar-refractivity contribution in [3.8, 4) is 6.07 Å². The number of halogens is 4. The fourth-order valence-electron chi connectivity index (χ4n) is 1.20. The molecule has 0 aliphatic rings. The van der Waals surface area contributed by atoms with Crippen LogP contribution in [0.1, 0.15) is 22.8 Å². The van der Waals surface area contributed by atoms with E-state index in [0.29, 0.717) is 6.07 Å². The minimum atomic E-state index is -4.58. The van der Waals surface area contributed by atoms with Crippen LogP contribution in [0.25, 0.3) is 0 Å². The largest absolute Gasteiger partial charge is 0.416 e. The minimum absolute atomic E-state index is 0.195. The second-order valence-corrected chi connectivity index (χ2v) is 3.99. The van der Waals surface area contributed by atoms with Gasteiger partial charge in [-0.25, -0.2) is 0 Å². The summed E-state index contributed by atoms with van der Waals surface area (Å²) < 4.78 is 37.5. The SMILES string of the molecule is C[C@H](C#N)NC(=O)c1cc(Cl)cc(C(F)(F)F)c1. The Hall–Kier alpha value is -1.74. The van der Waals surface area contributed by atoms with Crippen LogP contribution in [0.5, 0.6) is 0 Å². The van der Waals surface area contributed by atoms with Crippen LogP contribution in [-0.2, 0) is 6.18 Å². The zero-order valence-electron chi connectivity index (χ0n) is 9.18. The number of carbonyl (C=O) groups is 1. The Kier molecular flexibility index (Phi) is 4.19. The van der Waals surface area contributed by atoms with Gasteiger partial charge in [-0.05, 0) is 25.1 Å². The van der Waals surface area contributed by atoms with E-state index in [4.69, 9.17) is 16.9 Å². The summed E-state index contributed by atoms with van der Waals surface area (Å²) in [5.74, 6) is -0.781. The van der Waals surface area contributed by atoms with E-state index in [1.807, 2.05) is 0 Å². The maximum atomic E-state index is 12.5. The van der Waals surface area contributed by atoms with Gasteiger partial charge in [-0.1, -0.05) is 11.6 Å². The van der Waals surface area contributed by atoms with Crippen LogP contribution >= 0.6 is 11.6 Å². The quantitative estimate of drug-likeness (QED) is 0.903. The predicted molar refractivity (Wildman–Crippen MR) is 59.0 cm³/mol. The van der Waals surface area contributed by atoms with Crippen LogP contribution in [0.4, 0.5) is 13.2 Å². The monoisotopic (exact) mass is 276 g/mol. The molecular formula is C11H8ClF3N2O. The second-order valence-electron chi connectivity index (χ2n) is 3.55. The van der Waals surface area contributed by atoms with E-state index in [1.54, 1.807) is 6.07 Å². The number of nitriles is 1. The van der Waals surface area contributed by atoms with Gasteiger partial charge >= 0.3 is 6.18 Å². The first-order chi connectivity index (χ1) is 8.24. The molecule has 0 saturated carbocycles. The normalized spacial score (nSPS) is 12.7. The van der Waals surface area contributed by atoms with Crippen molar-refractivity contribution in [1.82, 2.24) is 5.32 Å². The molecule has 0 aliphatic carbocycles. The lowest BCUT2D eigenvalue weighted by Crippen LogP contribution is -2.31. The number of benzene rings is 1. The average Bonchev–Trinajstić information content (AvgIpc) is 2.26. The molecule has 1 aromatic carbocycles. The lowest BCUT2D eigenvalue weighted by atomic mass is 10.1. The third kappa shape index (κ3) is 3.64. The third-order valence-corrected chi connectivity index (χ3v) is 2.25. The summed E-state index contributed by atoms with van der Waals surface area (Å²) in [6.45, 7) is 1.41. The molecule has 0 saturated heterocycles. The summed E-state index contributed by atoms with van der Waals surface area (Å²) in [7, 11) is 0. The summed E-state index contributed by atoms with van der Waals surface area (Å²) in [6, 6.07) is 3.46. The highest BCUT2D eigenvalue weighted by atomic mass is 35.5. The van der Waals surface area contributed by atoms with E-state index in [1.165, 1.54) is 6.92 Å². The molecule has 1 atom stereocenters. The smallest absolute Gasteiger partial charge is 0.337 e. The van der Waals surface area contributed by atoms with E-state index in [0.717, 1.165) is 12.1 Å². The fourth-order valence-corrected chi connectivity index (χ4v) is 1.43. The summed E-state index contributed by atoms with van der Waals surface area (Å²) in [5.41, 5.74) is -1.25. The molecule has 0 spiro atoms. The lowest BCUT2D eigenvalue weighted by molar-refractivity contribution is -0.137. The van der Waals surface area contributed by atoms with Gasteiger partial charge in [-0.2, -0.15) is 18.4 Å². The first kappa shape index (κ1) is 14.3. The minimum Gasteiger partial charge on any atom is -0.337 e. The van der Waals surface area contributed by atoms with Gasteiger partial charge in [0, 0.05) is 10.6 Å². The zero-order valence-corrected chi connectivity index (χ0v) is 9.93. The molecule has 96 valence electrons. The van der Waals surface area contributed by atoms with Crippen molar-refractivity contribution >= 4 is 17.5 Å². The molecule has 0 heterocycles. The molecule has 1 rings (SSSR count). The van der Waals surface area contributed by atoms with Gasteiger partial charge in [0.25, 0.3) is 5.91 Å². The van der Waals surface area contributed by atoms with E-state index in [2.05, 4.69) is 5.32 Å². The van der Waals surface area contributed by atoms with Crippen molar-refractivity contribution in [1.29, 1.82) is 5.26 Å². The van der Waals surface area contributed by atoms with Crippen LogP contribution in [0, 0.1) is 11.3 Å². The van der Waals surface area contributed by atoms with Crippen molar-refractivity contribution in [2.24, 2.45) is 0 Å². The standard InChI is InChI=1S/C11H8ClF3N2O/c1-6(5-16)17-10(18)7-2-8(11(13,14)15)4-9(12)3-7/h2-4,6H,1H3,(H,17,18)/t6-/m1/s1. The first-order valence-electron chi connectivity index (χ1n) is 4.82. The molecule has 18 heavy (non-hydrogen) atoms. The van der Waals surface area contributed by atoms with Crippen molar-refractivity contribution < 1.29 is 18.0 Å². The summed E-state index contributed by atoms with van der Waals surface area (Å²) in [6.07, 6.45) is -4.58. The van der Waals surface area contributed by atoms with E-state index in [-0.39, 0.29) is 10.6 Å². The van der Waals surface area contributed by atoms with Gasteiger partial charge in [-0.3, -0.25) is 4.79 Å². The number of hydrogen-bond acceptors (Lipinski definition) is 2. The number of hydrogen-bond donors (Lipinski definition) is 1. The van der Waals surface area contributed by atoms with Crippen molar-refractivity contribution in [3.05, 3.63) is 34.3 Å². The van der Waals surface area contributed by atoms with Gasteiger partial charge in [0.2, 0.25) is 0 Å². The highest BCUT2D eigenvalue weighted by Crippen LogP contribution is 2.31. The van der Waals surface area contributed by atoms with Crippen molar-refractivity contribution in [2.45, 2.75) is 19.1 Å².